The zero-order valence-electron chi connectivity index (χ0n) is 15.7. The van der Waals surface area contributed by atoms with Crippen molar-refractivity contribution in [2.75, 3.05) is 0 Å². The fourth-order valence-electron chi connectivity index (χ4n) is 3.58. The van der Waals surface area contributed by atoms with Gasteiger partial charge in [0.15, 0.2) is 0 Å². The van der Waals surface area contributed by atoms with E-state index >= 15 is 0 Å². The average Bonchev–Trinajstić information content (AvgIpc) is 3.18. The average molecular weight is 369 g/mol. The van der Waals surface area contributed by atoms with Gasteiger partial charge in [-0.1, -0.05) is 78.0 Å². The van der Waals surface area contributed by atoms with E-state index in [0.29, 0.717) is 5.75 Å². The number of phenolic OH excluding ortho intramolecular Hbond substituents is 1. The molecule has 0 aliphatic carbocycles. The molecule has 0 saturated heterocycles. The molecule has 4 aromatic rings. The Morgan fingerprint density at radius 1 is 0.750 bits per heavy atom. The molecular formula is C25H23NO2. The monoisotopic (exact) mass is 369 g/mol. The van der Waals surface area contributed by atoms with E-state index < -0.39 is 0 Å². The third-order valence-electron chi connectivity index (χ3n) is 4.94. The van der Waals surface area contributed by atoms with E-state index in [1.54, 1.807) is 6.07 Å². The Kier molecular flexibility index (Phi) is 5.53. The molecular weight excluding hydrogens is 346 g/mol. The van der Waals surface area contributed by atoms with Crippen LogP contribution in [0.2, 0.25) is 0 Å². The first-order valence-corrected chi connectivity index (χ1v) is 9.63. The van der Waals surface area contributed by atoms with E-state index in [9.17, 15) is 5.11 Å². The number of nitrogens with zero attached hydrogens (tertiary/aromatic N) is 1. The van der Waals surface area contributed by atoms with Gasteiger partial charge < -0.3 is 9.63 Å². The molecule has 0 aliphatic heterocycles. The maximum atomic E-state index is 9.58. The van der Waals surface area contributed by atoms with Crippen LogP contribution in [0.4, 0.5) is 0 Å². The smallest absolute Gasteiger partial charge is 0.148 e. The second kappa shape index (κ2) is 8.57. The highest BCUT2D eigenvalue weighted by Crippen LogP contribution is 2.32. The normalized spacial score (nSPS) is 11.0. The molecule has 0 atom stereocenters. The summed E-state index contributed by atoms with van der Waals surface area (Å²) in [5.74, 6) is 1.22. The van der Waals surface area contributed by atoms with Crippen molar-refractivity contribution in [2.45, 2.75) is 25.2 Å². The molecule has 0 saturated carbocycles. The van der Waals surface area contributed by atoms with Gasteiger partial charge in [0, 0.05) is 6.07 Å². The third kappa shape index (κ3) is 4.32. The fourth-order valence-corrected chi connectivity index (χ4v) is 3.58. The van der Waals surface area contributed by atoms with E-state index in [0.717, 1.165) is 36.3 Å². The maximum absolute atomic E-state index is 9.58. The predicted molar refractivity (Wildman–Crippen MR) is 110 cm³/mol. The summed E-state index contributed by atoms with van der Waals surface area (Å²) in [5, 5.41) is 13.9. The Labute approximate surface area is 165 Å². The van der Waals surface area contributed by atoms with Crippen LogP contribution in [0.3, 0.4) is 0 Å². The number of aromatic hydroxyl groups is 1. The van der Waals surface area contributed by atoms with Crippen LogP contribution in [0.5, 0.6) is 5.75 Å². The summed E-state index contributed by atoms with van der Waals surface area (Å²) in [7, 11) is 0. The van der Waals surface area contributed by atoms with Gasteiger partial charge in [-0.25, -0.2) is 0 Å². The highest BCUT2D eigenvalue weighted by atomic mass is 16.5. The van der Waals surface area contributed by atoms with E-state index in [1.807, 2.05) is 30.3 Å². The summed E-state index contributed by atoms with van der Waals surface area (Å²) in [6.45, 7) is 0. The van der Waals surface area contributed by atoms with Crippen LogP contribution in [0.1, 0.15) is 40.5 Å². The Balaban J connectivity index is 1.50. The van der Waals surface area contributed by atoms with Gasteiger partial charge in [0.2, 0.25) is 0 Å². The van der Waals surface area contributed by atoms with Gasteiger partial charge >= 0.3 is 0 Å². The molecule has 140 valence electrons. The minimum Gasteiger partial charge on any atom is -0.508 e. The second-order valence-corrected chi connectivity index (χ2v) is 7.00. The summed E-state index contributed by atoms with van der Waals surface area (Å²) in [4.78, 5) is 0. The first-order valence-electron chi connectivity index (χ1n) is 9.63. The highest BCUT2D eigenvalue weighted by molar-refractivity contribution is 5.39. The minimum absolute atomic E-state index is 0.0368. The Hall–Kier alpha value is -3.33. The first kappa shape index (κ1) is 18.1. The van der Waals surface area contributed by atoms with Crippen LogP contribution in [0.25, 0.3) is 0 Å². The van der Waals surface area contributed by atoms with E-state index in [2.05, 4.69) is 59.8 Å². The lowest BCUT2D eigenvalue weighted by atomic mass is 9.89. The zero-order chi connectivity index (χ0) is 19.2. The lowest BCUT2D eigenvalue weighted by Crippen LogP contribution is -2.01. The van der Waals surface area contributed by atoms with Gasteiger partial charge in [-0.05, 0) is 48.1 Å². The number of aryl methyl sites for hydroxylation is 2. The van der Waals surface area contributed by atoms with Gasteiger partial charge in [0.25, 0.3) is 0 Å². The van der Waals surface area contributed by atoms with Crippen LogP contribution in [-0.2, 0) is 12.8 Å². The molecule has 3 nitrogen and oxygen atoms in total. The minimum atomic E-state index is 0.0368. The van der Waals surface area contributed by atoms with E-state index in [4.69, 9.17) is 4.52 Å². The predicted octanol–water partition coefficient (Wildman–Crippen LogP) is 5.74. The Bertz CT molecular complexity index is 969. The quantitative estimate of drug-likeness (QED) is 0.452. The van der Waals surface area contributed by atoms with E-state index in [1.165, 1.54) is 11.1 Å². The molecule has 0 bridgehead atoms. The van der Waals surface area contributed by atoms with Crippen molar-refractivity contribution in [2.24, 2.45) is 0 Å². The van der Waals surface area contributed by atoms with Crippen molar-refractivity contribution >= 4 is 0 Å². The number of phenols is 1. The number of aromatic nitrogens is 1. The topological polar surface area (TPSA) is 46.3 Å². The summed E-state index contributed by atoms with van der Waals surface area (Å²) in [5.41, 5.74) is 4.48. The van der Waals surface area contributed by atoms with Crippen LogP contribution in [-0.4, -0.2) is 10.3 Å². The Morgan fingerprint density at radius 3 is 2.07 bits per heavy atom. The van der Waals surface area contributed by atoms with Crippen molar-refractivity contribution in [1.29, 1.82) is 0 Å². The molecule has 1 aromatic heterocycles. The van der Waals surface area contributed by atoms with Crippen LogP contribution in [0, 0.1) is 0 Å². The molecule has 0 fully saturated rings. The van der Waals surface area contributed by atoms with Crippen molar-refractivity contribution in [3.05, 3.63) is 119 Å². The van der Waals surface area contributed by atoms with Crippen molar-refractivity contribution in [3.8, 4) is 5.75 Å². The molecule has 3 heteroatoms. The van der Waals surface area contributed by atoms with Crippen LogP contribution >= 0.6 is 0 Å². The number of hydrogen-bond acceptors (Lipinski definition) is 3. The van der Waals surface area contributed by atoms with Gasteiger partial charge in [0.05, 0.1) is 11.6 Å². The standard InChI is InChI=1S/C25H23NO2/c27-23-16-8-10-19(17-23)9-7-15-22-18-24(28-26-22)25(20-11-3-1-4-12-20)21-13-5-2-6-14-21/h1-6,8,10-14,16-18,25,27H,7,9,15H2. The van der Waals surface area contributed by atoms with Crippen LogP contribution in [0.15, 0.2) is 95.5 Å². The second-order valence-electron chi connectivity index (χ2n) is 7.00. The Morgan fingerprint density at radius 2 is 1.43 bits per heavy atom. The van der Waals surface area contributed by atoms with Gasteiger partial charge in [-0.3, -0.25) is 0 Å². The molecule has 0 spiro atoms. The lowest BCUT2D eigenvalue weighted by molar-refractivity contribution is 0.373. The van der Waals surface area contributed by atoms with Crippen LogP contribution < -0.4 is 0 Å². The van der Waals surface area contributed by atoms with Gasteiger partial charge in [-0.15, -0.1) is 0 Å². The zero-order valence-corrected chi connectivity index (χ0v) is 15.7. The molecule has 0 aliphatic rings. The van der Waals surface area contributed by atoms with Gasteiger partial charge in [-0.2, -0.15) is 0 Å². The summed E-state index contributed by atoms with van der Waals surface area (Å²) < 4.78 is 5.77. The number of hydrogen-bond donors (Lipinski definition) is 1. The molecule has 0 unspecified atom stereocenters. The fraction of sp³-hybridized carbons (Fsp3) is 0.160. The first-order chi connectivity index (χ1) is 13.8. The van der Waals surface area contributed by atoms with E-state index in [-0.39, 0.29) is 5.92 Å². The number of benzene rings is 3. The highest BCUT2D eigenvalue weighted by Gasteiger charge is 2.21. The molecule has 28 heavy (non-hydrogen) atoms. The summed E-state index contributed by atoms with van der Waals surface area (Å²) in [6, 6.07) is 30.3. The molecule has 0 radical (unpaired) electrons. The summed E-state index contributed by atoms with van der Waals surface area (Å²) >= 11 is 0. The summed E-state index contributed by atoms with van der Waals surface area (Å²) in [6.07, 6.45) is 2.70. The number of rotatable bonds is 7. The van der Waals surface area contributed by atoms with Gasteiger partial charge in [0.1, 0.15) is 11.5 Å². The third-order valence-corrected chi connectivity index (χ3v) is 4.94. The van der Waals surface area contributed by atoms with Crippen molar-refractivity contribution in [1.82, 2.24) is 5.16 Å². The molecule has 0 amide bonds. The molecule has 3 aromatic carbocycles. The largest absolute Gasteiger partial charge is 0.508 e. The maximum Gasteiger partial charge on any atom is 0.148 e. The molecule has 1 heterocycles. The SMILES string of the molecule is Oc1cccc(CCCc2cc(C(c3ccccc3)c3ccccc3)on2)c1. The van der Waals surface area contributed by atoms with Crippen molar-refractivity contribution < 1.29 is 9.63 Å². The van der Waals surface area contributed by atoms with Crippen molar-refractivity contribution in [3.63, 3.8) is 0 Å². The molecule has 4 rings (SSSR count). The molecule has 1 N–H and O–H groups in total. The lowest BCUT2D eigenvalue weighted by Gasteiger charge is -2.14.